The first-order valence-electron chi connectivity index (χ1n) is 7.07. The molecule has 6 nitrogen and oxygen atoms in total. The van der Waals surface area contributed by atoms with Gasteiger partial charge in [0.1, 0.15) is 5.75 Å². The molecule has 1 aliphatic rings. The van der Waals surface area contributed by atoms with Crippen LogP contribution in [0, 0.1) is 0 Å². The summed E-state index contributed by atoms with van der Waals surface area (Å²) >= 11 is 2.89. The lowest BCUT2D eigenvalue weighted by Gasteiger charge is -2.13. The number of halogens is 4. The molecule has 1 aliphatic heterocycles. The van der Waals surface area contributed by atoms with E-state index in [4.69, 9.17) is 9.47 Å². The predicted octanol–water partition coefficient (Wildman–Crippen LogP) is 3.55. The van der Waals surface area contributed by atoms with Crippen LogP contribution >= 0.6 is 15.9 Å². The largest absolute Gasteiger partial charge is 0.573 e. The van der Waals surface area contributed by atoms with Crippen molar-refractivity contribution in [2.45, 2.75) is 17.8 Å². The molecule has 3 rings (SSSR count). The van der Waals surface area contributed by atoms with Crippen LogP contribution in [0.2, 0.25) is 0 Å². The lowest BCUT2D eigenvalue weighted by atomic mass is 10.2. The third-order valence-corrected chi connectivity index (χ3v) is 5.40. The van der Waals surface area contributed by atoms with Crippen LogP contribution in [0.15, 0.2) is 45.8 Å². The van der Waals surface area contributed by atoms with Gasteiger partial charge in [-0.2, -0.15) is 0 Å². The molecule has 11 heteroatoms. The van der Waals surface area contributed by atoms with Gasteiger partial charge < -0.3 is 14.2 Å². The maximum Gasteiger partial charge on any atom is 0.573 e. The van der Waals surface area contributed by atoms with E-state index in [9.17, 15) is 21.6 Å². The minimum atomic E-state index is -4.94. The molecule has 0 atom stereocenters. The van der Waals surface area contributed by atoms with Crippen molar-refractivity contribution in [3.63, 3.8) is 0 Å². The average Bonchev–Trinajstić information content (AvgIpc) is 3.01. The number of sulfonamides is 1. The standard InChI is InChI=1S/C15H11BrF3NO5S/c16-11-3-2-10(6-13(11)25-15(17,18)19)26(21,22)20-7-9-1-4-12-14(5-9)24-8-23-12/h1-6,20H,7-8H2. The number of nitrogens with one attached hydrogen (secondary N) is 1. The maximum absolute atomic E-state index is 12.4. The van der Waals surface area contributed by atoms with E-state index in [2.05, 4.69) is 25.4 Å². The molecule has 0 bridgehead atoms. The molecule has 140 valence electrons. The molecule has 2 aromatic carbocycles. The Labute approximate surface area is 155 Å². The molecule has 1 heterocycles. The van der Waals surface area contributed by atoms with Gasteiger partial charge >= 0.3 is 6.36 Å². The van der Waals surface area contributed by atoms with Gasteiger partial charge in [-0.1, -0.05) is 6.07 Å². The van der Waals surface area contributed by atoms with E-state index in [0.29, 0.717) is 17.1 Å². The monoisotopic (exact) mass is 453 g/mol. The summed E-state index contributed by atoms with van der Waals surface area (Å²) in [6.07, 6.45) is -4.94. The van der Waals surface area contributed by atoms with Gasteiger partial charge in [0.25, 0.3) is 0 Å². The molecule has 0 unspecified atom stereocenters. The second kappa shape index (κ2) is 6.97. The van der Waals surface area contributed by atoms with Crippen LogP contribution in [-0.2, 0) is 16.6 Å². The van der Waals surface area contributed by atoms with Crippen molar-refractivity contribution in [2.75, 3.05) is 6.79 Å². The third-order valence-electron chi connectivity index (χ3n) is 3.34. The van der Waals surface area contributed by atoms with Crippen LogP contribution in [0.5, 0.6) is 17.2 Å². The topological polar surface area (TPSA) is 73.9 Å². The van der Waals surface area contributed by atoms with E-state index >= 15 is 0 Å². The fraction of sp³-hybridized carbons (Fsp3) is 0.200. The summed E-state index contributed by atoms with van der Waals surface area (Å²) in [6, 6.07) is 8.02. The zero-order chi connectivity index (χ0) is 18.9. The van der Waals surface area contributed by atoms with Crippen LogP contribution in [-0.4, -0.2) is 21.6 Å². The van der Waals surface area contributed by atoms with E-state index in [1.54, 1.807) is 18.2 Å². The number of alkyl halides is 3. The zero-order valence-corrected chi connectivity index (χ0v) is 15.2. The molecule has 0 saturated heterocycles. The van der Waals surface area contributed by atoms with Gasteiger partial charge in [-0.05, 0) is 45.8 Å². The second-order valence-electron chi connectivity index (χ2n) is 5.15. The SMILES string of the molecule is O=S(=O)(NCc1ccc2c(c1)OCO2)c1ccc(Br)c(OC(F)(F)F)c1. The molecular formula is C15H11BrF3NO5S. The number of rotatable bonds is 5. The molecule has 0 aliphatic carbocycles. The van der Waals surface area contributed by atoms with Crippen molar-refractivity contribution < 1.29 is 35.8 Å². The smallest absolute Gasteiger partial charge is 0.454 e. The molecule has 2 aromatic rings. The van der Waals surface area contributed by atoms with Gasteiger partial charge in [0, 0.05) is 12.6 Å². The quantitative estimate of drug-likeness (QED) is 0.749. The van der Waals surface area contributed by atoms with E-state index in [0.717, 1.165) is 18.2 Å². The van der Waals surface area contributed by atoms with E-state index in [1.807, 2.05) is 0 Å². The second-order valence-corrected chi connectivity index (χ2v) is 7.77. The summed E-state index contributed by atoms with van der Waals surface area (Å²) in [5, 5.41) is 0. The summed E-state index contributed by atoms with van der Waals surface area (Å²) < 4.78 is 78.4. The Hall–Kier alpha value is -1.98. The predicted molar refractivity (Wildman–Crippen MR) is 87.4 cm³/mol. The Kier molecular flexibility index (Phi) is 5.04. The van der Waals surface area contributed by atoms with Crippen LogP contribution in [0.1, 0.15) is 5.56 Å². The van der Waals surface area contributed by atoms with Crippen molar-refractivity contribution in [1.82, 2.24) is 4.72 Å². The Balaban J connectivity index is 1.76. The van der Waals surface area contributed by atoms with Crippen LogP contribution < -0.4 is 18.9 Å². The van der Waals surface area contributed by atoms with Crippen molar-refractivity contribution in [3.8, 4) is 17.2 Å². The molecule has 0 saturated carbocycles. The van der Waals surface area contributed by atoms with Crippen LogP contribution in [0.4, 0.5) is 13.2 Å². The maximum atomic E-state index is 12.4. The zero-order valence-electron chi connectivity index (χ0n) is 12.8. The fourth-order valence-electron chi connectivity index (χ4n) is 2.17. The number of hydrogen-bond acceptors (Lipinski definition) is 5. The highest BCUT2D eigenvalue weighted by atomic mass is 79.9. The first-order chi connectivity index (χ1) is 12.1. The Morgan fingerprint density at radius 3 is 2.58 bits per heavy atom. The molecule has 0 amide bonds. The molecule has 0 fully saturated rings. The fourth-order valence-corrected chi connectivity index (χ4v) is 3.53. The van der Waals surface area contributed by atoms with Gasteiger partial charge in [0.15, 0.2) is 11.5 Å². The number of ether oxygens (including phenoxy) is 3. The van der Waals surface area contributed by atoms with Crippen molar-refractivity contribution in [3.05, 3.63) is 46.4 Å². The highest BCUT2D eigenvalue weighted by molar-refractivity contribution is 9.10. The third kappa shape index (κ3) is 4.40. The molecule has 0 spiro atoms. The van der Waals surface area contributed by atoms with E-state index in [1.165, 1.54) is 0 Å². The van der Waals surface area contributed by atoms with Gasteiger partial charge in [-0.25, -0.2) is 13.1 Å². The minimum absolute atomic E-state index is 0.0236. The molecule has 0 aromatic heterocycles. The van der Waals surface area contributed by atoms with Crippen molar-refractivity contribution in [1.29, 1.82) is 0 Å². The van der Waals surface area contributed by atoms with Crippen LogP contribution in [0.25, 0.3) is 0 Å². The summed E-state index contributed by atoms with van der Waals surface area (Å²) in [5.41, 5.74) is 0.599. The normalized spacial score (nSPS) is 13.7. The molecule has 0 radical (unpaired) electrons. The average molecular weight is 454 g/mol. The molecule has 26 heavy (non-hydrogen) atoms. The minimum Gasteiger partial charge on any atom is -0.454 e. The van der Waals surface area contributed by atoms with Crippen molar-refractivity contribution in [2.24, 2.45) is 0 Å². The number of fused-ring (bicyclic) bond motifs is 1. The van der Waals surface area contributed by atoms with Gasteiger partial charge in [0.05, 0.1) is 9.37 Å². The van der Waals surface area contributed by atoms with Gasteiger partial charge in [0.2, 0.25) is 16.8 Å². The summed E-state index contributed by atoms with van der Waals surface area (Å²) in [5.74, 6) is 0.396. The Bertz CT molecular complexity index is 933. The lowest BCUT2D eigenvalue weighted by Crippen LogP contribution is -2.23. The van der Waals surface area contributed by atoms with Gasteiger partial charge in [-0.15, -0.1) is 13.2 Å². The van der Waals surface area contributed by atoms with E-state index in [-0.39, 0.29) is 22.7 Å². The first-order valence-corrected chi connectivity index (χ1v) is 9.35. The Morgan fingerprint density at radius 2 is 1.85 bits per heavy atom. The lowest BCUT2D eigenvalue weighted by molar-refractivity contribution is -0.275. The molecule has 1 N–H and O–H groups in total. The summed E-state index contributed by atoms with van der Waals surface area (Å²) in [7, 11) is -4.06. The number of benzene rings is 2. The van der Waals surface area contributed by atoms with Crippen molar-refractivity contribution >= 4 is 26.0 Å². The Morgan fingerprint density at radius 1 is 1.12 bits per heavy atom. The first kappa shape index (κ1) is 18.8. The highest BCUT2D eigenvalue weighted by Crippen LogP contribution is 2.34. The highest BCUT2D eigenvalue weighted by Gasteiger charge is 2.32. The van der Waals surface area contributed by atoms with E-state index < -0.39 is 22.1 Å². The molecular weight excluding hydrogens is 443 g/mol. The summed E-state index contributed by atoms with van der Waals surface area (Å²) in [4.78, 5) is -0.360. The van der Waals surface area contributed by atoms with Crippen LogP contribution in [0.3, 0.4) is 0 Å². The van der Waals surface area contributed by atoms with Gasteiger partial charge in [-0.3, -0.25) is 0 Å². The summed E-state index contributed by atoms with van der Waals surface area (Å²) in [6.45, 7) is 0.00981. The number of hydrogen-bond donors (Lipinski definition) is 1.